The van der Waals surface area contributed by atoms with Crippen LogP contribution in [0.2, 0.25) is 0 Å². The Bertz CT molecular complexity index is 1130. The number of fused-ring (bicyclic) bond motifs is 1. The molecule has 3 aliphatic heterocycles. The van der Waals surface area contributed by atoms with Crippen molar-refractivity contribution in [2.75, 3.05) is 11.9 Å². The molecule has 2 amide bonds. The van der Waals surface area contributed by atoms with Crippen molar-refractivity contribution in [2.45, 2.75) is 43.7 Å². The lowest BCUT2D eigenvalue weighted by Gasteiger charge is -2.46. The van der Waals surface area contributed by atoms with Crippen molar-refractivity contribution in [1.82, 2.24) is 10.2 Å². The lowest BCUT2D eigenvalue weighted by Crippen LogP contribution is -2.63. The molecule has 4 rings (SSSR count). The van der Waals surface area contributed by atoms with Crippen LogP contribution in [0.4, 0.5) is 5.69 Å². The van der Waals surface area contributed by atoms with Gasteiger partial charge in [0.25, 0.3) is 0 Å². The molecule has 0 saturated carbocycles. The minimum Gasteiger partial charge on any atom is -0.478 e. The van der Waals surface area contributed by atoms with Crippen LogP contribution in [0.25, 0.3) is 0 Å². The molecule has 3 heterocycles. The first-order valence-corrected chi connectivity index (χ1v) is 12.0. The summed E-state index contributed by atoms with van der Waals surface area (Å²) < 4.78 is 13.5. The number of amides is 2. The Kier molecular flexibility index (Phi) is 6.32. The molecule has 3 aliphatic rings. The number of aliphatic carboxylic acids is 1. The first-order valence-electron chi connectivity index (χ1n) is 10.8. The third-order valence-electron chi connectivity index (χ3n) is 6.61. The highest BCUT2D eigenvalue weighted by Gasteiger charge is 2.61. The number of carbonyl (C=O) groups excluding carboxylic acids is 2. The number of hydrogen-bond acceptors (Lipinski definition) is 7. The second kappa shape index (κ2) is 8.93. The van der Waals surface area contributed by atoms with Crippen molar-refractivity contribution in [3.05, 3.63) is 40.4 Å². The molecule has 1 unspecified atom stereocenters. The number of rotatable bonds is 7. The number of aromatic carboxylic acids is 1. The molecule has 34 heavy (non-hydrogen) atoms. The molecule has 0 radical (unpaired) electrons. The lowest BCUT2D eigenvalue weighted by atomic mass is 9.79. The Morgan fingerprint density at radius 3 is 2.56 bits per heavy atom. The van der Waals surface area contributed by atoms with Crippen LogP contribution >= 0.6 is 0 Å². The molecule has 0 spiro atoms. The summed E-state index contributed by atoms with van der Waals surface area (Å²) in [5, 5.41) is 33.9. The molecule has 2 saturated heterocycles. The molecule has 1 aromatic rings. The standard InChI is InChI=1S/C22H25N3O8S/c1-9-16-15(10(2)26)20(28)25(16)17(22(31)32)18(9)34(33)13-7-14(23-8-13)19(27)24-12-5-3-4-11(6-12)21(29)30/h3-6,9-10,13-16,23,26H,7-8H2,1-2H3,(H,24,27)(H,29,30)(H,31,32)/t9-,10-,13+,14+,15-,16-,34?/m1/s1. The molecule has 1 aromatic carbocycles. The number of carboxylic acids is 2. The van der Waals surface area contributed by atoms with Gasteiger partial charge >= 0.3 is 11.9 Å². The number of benzene rings is 1. The molecule has 12 heteroatoms. The number of nitrogens with zero attached hydrogens (tertiary/aromatic N) is 1. The van der Waals surface area contributed by atoms with Gasteiger partial charge < -0.3 is 30.9 Å². The van der Waals surface area contributed by atoms with Gasteiger partial charge in [-0.1, -0.05) is 13.0 Å². The van der Waals surface area contributed by atoms with E-state index >= 15 is 0 Å². The highest BCUT2D eigenvalue weighted by atomic mass is 32.2. The smallest absolute Gasteiger partial charge is 0.353 e. The Labute approximate surface area is 197 Å². The molecule has 0 bridgehead atoms. The Morgan fingerprint density at radius 1 is 1.24 bits per heavy atom. The monoisotopic (exact) mass is 491 g/mol. The molecule has 2 fully saturated rings. The number of β-lactam (4-membered cyclic amide) rings is 1. The van der Waals surface area contributed by atoms with Gasteiger partial charge in [-0.3, -0.25) is 13.8 Å². The minimum atomic E-state index is -1.79. The van der Waals surface area contributed by atoms with E-state index in [0.717, 1.165) is 4.90 Å². The third kappa shape index (κ3) is 3.91. The SMILES string of the molecule is C[C@@H](O)[C@H]1C(=O)N2C(C(=O)O)=C(S(=O)[C@@H]3CN[C@H](C(=O)Nc4cccc(C(=O)O)c4)C3)[C@H](C)[C@H]12. The molecule has 0 aromatic heterocycles. The van der Waals surface area contributed by atoms with E-state index in [1.165, 1.54) is 25.1 Å². The quantitative estimate of drug-likeness (QED) is 0.328. The molecule has 0 aliphatic carbocycles. The molecule has 182 valence electrons. The average molecular weight is 492 g/mol. The summed E-state index contributed by atoms with van der Waals surface area (Å²) in [5.41, 5.74) is 0.0360. The average Bonchev–Trinajstić information content (AvgIpc) is 3.35. The zero-order valence-electron chi connectivity index (χ0n) is 18.4. The Hall–Kier alpha value is -3.09. The third-order valence-corrected chi connectivity index (χ3v) is 8.58. The highest BCUT2D eigenvalue weighted by Crippen LogP contribution is 2.48. The Balaban J connectivity index is 1.49. The van der Waals surface area contributed by atoms with Crippen molar-refractivity contribution in [2.24, 2.45) is 11.8 Å². The van der Waals surface area contributed by atoms with E-state index in [2.05, 4.69) is 10.6 Å². The summed E-state index contributed by atoms with van der Waals surface area (Å²) in [7, 11) is -1.79. The maximum atomic E-state index is 13.5. The normalized spacial score (nSPS) is 29.9. The largest absolute Gasteiger partial charge is 0.478 e. The summed E-state index contributed by atoms with van der Waals surface area (Å²) in [5.74, 6) is -4.67. The number of aliphatic hydroxyl groups is 1. The van der Waals surface area contributed by atoms with E-state index in [1.54, 1.807) is 13.0 Å². The van der Waals surface area contributed by atoms with Crippen molar-refractivity contribution in [3.8, 4) is 0 Å². The number of hydrogen-bond donors (Lipinski definition) is 5. The summed E-state index contributed by atoms with van der Waals surface area (Å²) in [6.07, 6.45) is -0.793. The fraction of sp³-hybridized carbons (Fsp3) is 0.455. The van der Waals surface area contributed by atoms with Crippen LogP contribution in [0.1, 0.15) is 30.6 Å². The fourth-order valence-corrected chi connectivity index (χ4v) is 6.86. The predicted octanol–water partition coefficient (Wildman–Crippen LogP) is -0.0438. The maximum absolute atomic E-state index is 13.5. The van der Waals surface area contributed by atoms with E-state index < -0.39 is 69.8 Å². The summed E-state index contributed by atoms with van der Waals surface area (Å²) in [4.78, 5) is 49.5. The van der Waals surface area contributed by atoms with Gasteiger partial charge in [0.05, 0.1) is 50.6 Å². The van der Waals surface area contributed by atoms with Crippen LogP contribution in [0, 0.1) is 11.8 Å². The topological polar surface area (TPSA) is 173 Å². The van der Waals surface area contributed by atoms with Gasteiger partial charge in [0.15, 0.2) is 0 Å². The number of aliphatic hydroxyl groups excluding tert-OH is 1. The Morgan fingerprint density at radius 2 is 1.94 bits per heavy atom. The minimum absolute atomic E-state index is 0.0224. The van der Waals surface area contributed by atoms with Gasteiger partial charge in [-0.15, -0.1) is 0 Å². The number of carbonyl (C=O) groups is 4. The van der Waals surface area contributed by atoms with E-state index in [0.29, 0.717) is 5.69 Å². The van der Waals surface area contributed by atoms with Crippen molar-refractivity contribution in [3.63, 3.8) is 0 Å². The number of nitrogens with one attached hydrogen (secondary N) is 2. The molecule has 11 nitrogen and oxygen atoms in total. The zero-order valence-corrected chi connectivity index (χ0v) is 19.2. The first-order chi connectivity index (χ1) is 16.0. The van der Waals surface area contributed by atoms with Crippen molar-refractivity contribution < 1.29 is 38.7 Å². The summed E-state index contributed by atoms with van der Waals surface area (Å²) >= 11 is 0. The van der Waals surface area contributed by atoms with Crippen molar-refractivity contribution in [1.29, 1.82) is 0 Å². The van der Waals surface area contributed by atoms with Gasteiger partial charge in [0, 0.05) is 18.2 Å². The first kappa shape index (κ1) is 24.0. The van der Waals surface area contributed by atoms with Crippen LogP contribution in [0.5, 0.6) is 0 Å². The maximum Gasteiger partial charge on any atom is 0.353 e. The van der Waals surface area contributed by atoms with E-state index in [1.807, 2.05) is 0 Å². The second-order valence-electron chi connectivity index (χ2n) is 8.76. The summed E-state index contributed by atoms with van der Waals surface area (Å²) in [6.45, 7) is 3.37. The molecular formula is C22H25N3O8S. The van der Waals surface area contributed by atoms with Crippen LogP contribution < -0.4 is 10.6 Å². The molecule has 5 N–H and O–H groups in total. The highest BCUT2D eigenvalue weighted by molar-refractivity contribution is 7.89. The van der Waals surface area contributed by atoms with Crippen molar-refractivity contribution >= 4 is 40.2 Å². The molecule has 7 atom stereocenters. The van der Waals surface area contributed by atoms with E-state index in [-0.39, 0.29) is 29.1 Å². The van der Waals surface area contributed by atoms with Gasteiger partial charge in [0.2, 0.25) is 11.8 Å². The predicted molar refractivity (Wildman–Crippen MR) is 120 cm³/mol. The summed E-state index contributed by atoms with van der Waals surface area (Å²) in [6, 6.07) is 4.51. The van der Waals surface area contributed by atoms with Crippen LogP contribution in [-0.4, -0.2) is 78.2 Å². The van der Waals surface area contributed by atoms with Crippen LogP contribution in [0.15, 0.2) is 34.9 Å². The number of anilines is 1. The molecular weight excluding hydrogens is 466 g/mol. The second-order valence-corrected chi connectivity index (χ2v) is 10.5. The van der Waals surface area contributed by atoms with Gasteiger partial charge in [0.1, 0.15) is 5.70 Å². The lowest BCUT2D eigenvalue weighted by molar-refractivity contribution is -0.163. The van der Waals surface area contributed by atoms with Crippen LogP contribution in [0.3, 0.4) is 0 Å². The van der Waals surface area contributed by atoms with Gasteiger partial charge in [-0.05, 0) is 31.5 Å². The van der Waals surface area contributed by atoms with Crippen LogP contribution in [-0.2, 0) is 25.2 Å². The van der Waals surface area contributed by atoms with Gasteiger partial charge in [-0.2, -0.15) is 0 Å². The number of carboxylic acid groups (broad SMARTS) is 2. The van der Waals surface area contributed by atoms with E-state index in [4.69, 9.17) is 5.11 Å². The zero-order chi connectivity index (χ0) is 24.9. The fourth-order valence-electron chi connectivity index (χ4n) is 5.00. The van der Waals surface area contributed by atoms with Gasteiger partial charge in [-0.25, -0.2) is 9.59 Å². The van der Waals surface area contributed by atoms with E-state index in [9.17, 15) is 33.6 Å².